The average Bonchev–Trinajstić information content (AvgIpc) is 2.92. The lowest BCUT2D eigenvalue weighted by atomic mass is 10.1. The number of anilines is 2. The number of hydrogen-bond acceptors (Lipinski definition) is 5. The lowest BCUT2D eigenvalue weighted by Gasteiger charge is -2.36. The minimum atomic E-state index is -0.329. The van der Waals surface area contributed by atoms with Crippen molar-refractivity contribution in [3.8, 4) is 5.75 Å². The molecule has 0 unspecified atom stereocenters. The van der Waals surface area contributed by atoms with E-state index in [-0.39, 0.29) is 23.5 Å². The van der Waals surface area contributed by atoms with Gasteiger partial charge in [0.15, 0.2) is 11.7 Å². The van der Waals surface area contributed by atoms with Gasteiger partial charge in [-0.3, -0.25) is 14.9 Å². The highest BCUT2D eigenvalue weighted by Gasteiger charge is 2.22. The topological polar surface area (TPSA) is 73.9 Å². The van der Waals surface area contributed by atoms with Crippen LogP contribution in [0.1, 0.15) is 28.4 Å². The Bertz CT molecular complexity index is 1240. The van der Waals surface area contributed by atoms with Crippen LogP contribution in [0.2, 0.25) is 0 Å². The van der Waals surface area contributed by atoms with Gasteiger partial charge in [-0.1, -0.05) is 31.2 Å². The lowest BCUT2D eigenvalue weighted by Crippen LogP contribution is -2.48. The first-order valence-electron chi connectivity index (χ1n) is 12.4. The zero-order valence-corrected chi connectivity index (χ0v) is 22.0. The fourth-order valence-electron chi connectivity index (χ4n) is 4.17. The zero-order valence-electron chi connectivity index (χ0n) is 21.2. The summed E-state index contributed by atoms with van der Waals surface area (Å²) < 4.78 is 5.51. The van der Waals surface area contributed by atoms with E-state index in [4.69, 9.17) is 17.0 Å². The Kier molecular flexibility index (Phi) is 8.74. The molecular weight excluding hydrogens is 484 g/mol. The minimum Gasteiger partial charge on any atom is -0.484 e. The smallest absolute Gasteiger partial charge is 0.264 e. The van der Waals surface area contributed by atoms with Crippen LogP contribution < -0.4 is 20.3 Å². The molecule has 8 heteroatoms. The van der Waals surface area contributed by atoms with Gasteiger partial charge in [-0.15, -0.1) is 0 Å². The molecule has 4 rings (SSSR count). The first kappa shape index (κ1) is 26.2. The van der Waals surface area contributed by atoms with E-state index in [1.165, 1.54) is 5.56 Å². The number of aryl methyl sites for hydroxylation is 2. The highest BCUT2D eigenvalue weighted by atomic mass is 32.1. The predicted octanol–water partition coefficient (Wildman–Crippen LogP) is 4.41. The molecule has 1 heterocycles. The van der Waals surface area contributed by atoms with Crippen molar-refractivity contribution >= 4 is 40.5 Å². The van der Waals surface area contributed by atoms with E-state index in [2.05, 4.69) is 22.5 Å². The van der Waals surface area contributed by atoms with E-state index >= 15 is 0 Å². The van der Waals surface area contributed by atoms with Crippen molar-refractivity contribution in [1.29, 1.82) is 0 Å². The summed E-state index contributed by atoms with van der Waals surface area (Å²) in [5, 5.41) is 5.88. The van der Waals surface area contributed by atoms with E-state index in [1.54, 1.807) is 6.07 Å². The van der Waals surface area contributed by atoms with Crippen molar-refractivity contribution < 1.29 is 14.3 Å². The van der Waals surface area contributed by atoms with Crippen molar-refractivity contribution in [3.63, 3.8) is 0 Å². The van der Waals surface area contributed by atoms with Crippen LogP contribution in [-0.2, 0) is 11.2 Å². The van der Waals surface area contributed by atoms with Crippen LogP contribution in [-0.4, -0.2) is 54.6 Å². The van der Waals surface area contributed by atoms with E-state index in [9.17, 15) is 9.59 Å². The summed E-state index contributed by atoms with van der Waals surface area (Å²) in [7, 11) is 0. The number of thiocarbonyl (C=S) groups is 1. The highest BCUT2D eigenvalue weighted by Crippen LogP contribution is 2.20. The molecule has 7 nitrogen and oxygen atoms in total. The number of nitrogens with one attached hydrogen (secondary N) is 2. The van der Waals surface area contributed by atoms with Gasteiger partial charge in [0.25, 0.3) is 11.8 Å². The quantitative estimate of drug-likeness (QED) is 0.453. The maximum atomic E-state index is 12.8. The van der Waals surface area contributed by atoms with Crippen LogP contribution in [0.5, 0.6) is 5.75 Å². The number of ether oxygens (including phenoxy) is 1. The van der Waals surface area contributed by atoms with E-state index in [1.807, 2.05) is 78.6 Å². The summed E-state index contributed by atoms with van der Waals surface area (Å²) in [5.41, 5.74) is 4.89. The number of benzene rings is 3. The Hall–Kier alpha value is -3.91. The summed E-state index contributed by atoms with van der Waals surface area (Å²) in [6.07, 6.45) is 0.964. The third kappa shape index (κ3) is 7.30. The molecule has 0 bridgehead atoms. The Balaban J connectivity index is 1.22. The molecule has 0 spiro atoms. The van der Waals surface area contributed by atoms with Crippen molar-refractivity contribution in [2.45, 2.75) is 20.3 Å². The van der Waals surface area contributed by atoms with Gasteiger partial charge in [0.2, 0.25) is 0 Å². The second-order valence-corrected chi connectivity index (χ2v) is 9.39. The van der Waals surface area contributed by atoms with Crippen molar-refractivity contribution in [3.05, 3.63) is 89.5 Å². The third-order valence-electron chi connectivity index (χ3n) is 6.28. The molecule has 0 aliphatic carbocycles. The predicted molar refractivity (Wildman–Crippen MR) is 151 cm³/mol. The molecule has 3 aromatic carbocycles. The molecule has 1 aliphatic heterocycles. The number of piperazine rings is 1. The molecule has 1 aliphatic rings. The summed E-state index contributed by atoms with van der Waals surface area (Å²) in [5.74, 6) is 0.395. The molecule has 1 fully saturated rings. The molecule has 3 aromatic rings. The van der Waals surface area contributed by atoms with Gasteiger partial charge in [0.1, 0.15) is 5.75 Å². The van der Waals surface area contributed by atoms with Crippen molar-refractivity contribution in [1.82, 2.24) is 10.2 Å². The Labute approximate surface area is 223 Å². The molecule has 192 valence electrons. The normalized spacial score (nSPS) is 13.1. The van der Waals surface area contributed by atoms with Crippen LogP contribution >= 0.6 is 12.2 Å². The van der Waals surface area contributed by atoms with Gasteiger partial charge in [-0.25, -0.2) is 0 Å². The fourth-order valence-corrected chi connectivity index (χ4v) is 4.40. The van der Waals surface area contributed by atoms with Gasteiger partial charge >= 0.3 is 0 Å². The minimum absolute atomic E-state index is 0.0849. The molecule has 0 aromatic heterocycles. The van der Waals surface area contributed by atoms with Gasteiger partial charge < -0.3 is 19.9 Å². The van der Waals surface area contributed by atoms with E-state index in [0.29, 0.717) is 18.8 Å². The van der Waals surface area contributed by atoms with Crippen LogP contribution in [0.25, 0.3) is 0 Å². The number of carbonyl (C=O) groups is 2. The maximum absolute atomic E-state index is 12.8. The van der Waals surface area contributed by atoms with Crippen molar-refractivity contribution in [2.75, 3.05) is 43.0 Å². The molecule has 0 radical (unpaired) electrons. The maximum Gasteiger partial charge on any atom is 0.264 e. The average molecular weight is 517 g/mol. The largest absolute Gasteiger partial charge is 0.484 e. The lowest BCUT2D eigenvalue weighted by molar-refractivity contribution is -0.121. The van der Waals surface area contributed by atoms with Gasteiger partial charge in [-0.05, 0) is 85.2 Å². The van der Waals surface area contributed by atoms with E-state index in [0.717, 1.165) is 42.0 Å². The standard InChI is InChI=1S/C29H32N4O3S/c1-3-22-7-9-23(10-8-22)28(35)33-17-15-32(16-18-33)25-13-11-24(12-14-25)30-29(37)31-27(34)20-36-26-6-4-5-21(2)19-26/h4-14,19H,3,15-18,20H2,1-2H3,(H2,30,31,34,37). The summed E-state index contributed by atoms with van der Waals surface area (Å²) in [6.45, 7) is 6.83. The fraction of sp³-hybridized carbons (Fsp3) is 0.276. The summed E-state index contributed by atoms with van der Waals surface area (Å²) in [4.78, 5) is 29.2. The van der Waals surface area contributed by atoms with Crippen LogP contribution in [0.3, 0.4) is 0 Å². The first-order chi connectivity index (χ1) is 17.9. The highest BCUT2D eigenvalue weighted by molar-refractivity contribution is 7.80. The molecule has 37 heavy (non-hydrogen) atoms. The Morgan fingerprint density at radius 2 is 1.65 bits per heavy atom. The van der Waals surface area contributed by atoms with Crippen LogP contribution in [0.15, 0.2) is 72.8 Å². The third-order valence-corrected chi connectivity index (χ3v) is 6.48. The number of amides is 2. The summed E-state index contributed by atoms with van der Waals surface area (Å²) in [6, 6.07) is 23.3. The van der Waals surface area contributed by atoms with Gasteiger partial charge in [0.05, 0.1) is 0 Å². The van der Waals surface area contributed by atoms with Crippen LogP contribution in [0.4, 0.5) is 11.4 Å². The van der Waals surface area contributed by atoms with Crippen molar-refractivity contribution in [2.24, 2.45) is 0 Å². The number of nitrogens with zero attached hydrogens (tertiary/aromatic N) is 2. The molecule has 2 amide bonds. The molecule has 2 N–H and O–H groups in total. The molecule has 0 atom stereocenters. The monoisotopic (exact) mass is 516 g/mol. The second kappa shape index (κ2) is 12.4. The zero-order chi connectivity index (χ0) is 26.2. The number of rotatable bonds is 7. The number of hydrogen-bond donors (Lipinski definition) is 2. The van der Waals surface area contributed by atoms with Gasteiger partial charge in [0, 0.05) is 43.1 Å². The van der Waals surface area contributed by atoms with Gasteiger partial charge in [-0.2, -0.15) is 0 Å². The Morgan fingerprint density at radius 1 is 0.946 bits per heavy atom. The summed E-state index contributed by atoms with van der Waals surface area (Å²) >= 11 is 5.27. The van der Waals surface area contributed by atoms with E-state index < -0.39 is 0 Å². The second-order valence-electron chi connectivity index (χ2n) is 8.98. The Morgan fingerprint density at radius 3 is 2.30 bits per heavy atom. The molecule has 0 saturated carbocycles. The first-order valence-corrected chi connectivity index (χ1v) is 12.9. The molecule has 1 saturated heterocycles. The van der Waals surface area contributed by atoms with Crippen LogP contribution in [0, 0.1) is 6.92 Å². The molecular formula is C29H32N4O3S. The number of carbonyl (C=O) groups excluding carboxylic acids is 2. The SMILES string of the molecule is CCc1ccc(C(=O)N2CCN(c3ccc(NC(=S)NC(=O)COc4cccc(C)c4)cc3)CC2)cc1.